The maximum atomic E-state index is 11.8. The van der Waals surface area contributed by atoms with Crippen LogP contribution in [0.3, 0.4) is 0 Å². The highest BCUT2D eigenvalue weighted by Crippen LogP contribution is 2.28. The van der Waals surface area contributed by atoms with Gasteiger partial charge in [0.25, 0.3) is 0 Å². The van der Waals surface area contributed by atoms with Crippen LogP contribution in [0.5, 0.6) is 0 Å². The summed E-state index contributed by atoms with van der Waals surface area (Å²) < 4.78 is 0. The molecule has 1 amide bonds. The van der Waals surface area contributed by atoms with Gasteiger partial charge in [0.05, 0.1) is 0 Å². The zero-order valence-corrected chi connectivity index (χ0v) is 8.04. The molecule has 1 saturated carbocycles. The average molecular weight is 182 g/mol. The number of hydrogen-bond donors (Lipinski definition) is 1. The second-order valence-electron chi connectivity index (χ2n) is 4.31. The SMILES string of the molecule is NC1CC(C(=O)N2CCCCC2)C1. The first kappa shape index (κ1) is 9.00. The lowest BCUT2D eigenvalue weighted by atomic mass is 9.80. The zero-order chi connectivity index (χ0) is 9.26. The van der Waals surface area contributed by atoms with E-state index in [2.05, 4.69) is 0 Å². The van der Waals surface area contributed by atoms with Gasteiger partial charge in [-0.15, -0.1) is 0 Å². The number of likely N-dealkylation sites (tertiary alicyclic amines) is 1. The van der Waals surface area contributed by atoms with E-state index < -0.39 is 0 Å². The van der Waals surface area contributed by atoms with Crippen LogP contribution in [0.25, 0.3) is 0 Å². The highest BCUT2D eigenvalue weighted by molar-refractivity contribution is 5.80. The Morgan fingerprint density at radius 3 is 2.31 bits per heavy atom. The van der Waals surface area contributed by atoms with E-state index in [0.29, 0.717) is 11.9 Å². The van der Waals surface area contributed by atoms with Crippen LogP contribution in [0.15, 0.2) is 0 Å². The largest absolute Gasteiger partial charge is 0.342 e. The average Bonchev–Trinajstić information content (AvgIpc) is 2.13. The minimum atomic E-state index is 0.257. The molecule has 0 spiro atoms. The smallest absolute Gasteiger partial charge is 0.225 e. The number of piperidine rings is 1. The van der Waals surface area contributed by atoms with Crippen LogP contribution < -0.4 is 5.73 Å². The summed E-state index contributed by atoms with van der Waals surface area (Å²) in [5.74, 6) is 0.620. The maximum Gasteiger partial charge on any atom is 0.225 e. The Labute approximate surface area is 79.3 Å². The molecule has 1 saturated heterocycles. The van der Waals surface area contributed by atoms with E-state index in [9.17, 15) is 4.79 Å². The van der Waals surface area contributed by atoms with Crippen LogP contribution in [0, 0.1) is 5.92 Å². The third-order valence-corrected chi connectivity index (χ3v) is 3.19. The Kier molecular flexibility index (Phi) is 2.54. The van der Waals surface area contributed by atoms with Crippen molar-refractivity contribution in [1.29, 1.82) is 0 Å². The summed E-state index contributed by atoms with van der Waals surface area (Å²) in [5.41, 5.74) is 5.67. The summed E-state index contributed by atoms with van der Waals surface area (Å²) in [6.07, 6.45) is 5.48. The monoisotopic (exact) mass is 182 g/mol. The molecular formula is C10H18N2O. The van der Waals surface area contributed by atoms with Crippen LogP contribution in [0.4, 0.5) is 0 Å². The van der Waals surface area contributed by atoms with Crippen LogP contribution in [0.1, 0.15) is 32.1 Å². The highest BCUT2D eigenvalue weighted by atomic mass is 16.2. The van der Waals surface area contributed by atoms with Crippen molar-refractivity contribution >= 4 is 5.91 Å². The Hall–Kier alpha value is -0.570. The van der Waals surface area contributed by atoms with Crippen LogP contribution in [-0.2, 0) is 4.79 Å². The van der Waals surface area contributed by atoms with Gasteiger partial charge in [0.15, 0.2) is 0 Å². The fourth-order valence-corrected chi connectivity index (χ4v) is 2.24. The molecule has 0 bridgehead atoms. The molecule has 2 rings (SSSR count). The van der Waals surface area contributed by atoms with E-state index in [4.69, 9.17) is 5.73 Å². The molecule has 1 heterocycles. The molecule has 0 aromatic rings. The van der Waals surface area contributed by atoms with E-state index in [1.165, 1.54) is 19.3 Å². The number of carbonyl (C=O) groups is 1. The molecule has 0 unspecified atom stereocenters. The first-order valence-electron chi connectivity index (χ1n) is 5.32. The molecule has 3 nitrogen and oxygen atoms in total. The molecule has 0 atom stereocenters. The standard InChI is InChI=1S/C10H18N2O/c11-9-6-8(7-9)10(13)12-4-2-1-3-5-12/h8-9H,1-7,11H2. The van der Waals surface area contributed by atoms with Crippen molar-refractivity contribution in [1.82, 2.24) is 4.90 Å². The van der Waals surface area contributed by atoms with E-state index in [1.54, 1.807) is 0 Å². The fraction of sp³-hybridized carbons (Fsp3) is 0.900. The molecule has 1 aliphatic heterocycles. The predicted molar refractivity (Wildman–Crippen MR) is 51.1 cm³/mol. The van der Waals surface area contributed by atoms with Crippen LogP contribution >= 0.6 is 0 Å². The number of nitrogens with two attached hydrogens (primary N) is 1. The summed E-state index contributed by atoms with van der Waals surface area (Å²) in [6.45, 7) is 1.95. The van der Waals surface area contributed by atoms with E-state index >= 15 is 0 Å². The van der Waals surface area contributed by atoms with Gasteiger partial charge < -0.3 is 10.6 Å². The van der Waals surface area contributed by atoms with Crippen molar-refractivity contribution in [2.75, 3.05) is 13.1 Å². The molecule has 0 aromatic heterocycles. The van der Waals surface area contributed by atoms with Gasteiger partial charge in [0.2, 0.25) is 5.91 Å². The van der Waals surface area contributed by atoms with Gasteiger partial charge in [-0.1, -0.05) is 0 Å². The van der Waals surface area contributed by atoms with E-state index in [-0.39, 0.29) is 5.92 Å². The fourth-order valence-electron chi connectivity index (χ4n) is 2.24. The van der Waals surface area contributed by atoms with Gasteiger partial charge in [-0.25, -0.2) is 0 Å². The Bertz CT molecular complexity index is 193. The molecular weight excluding hydrogens is 164 g/mol. The van der Waals surface area contributed by atoms with E-state index in [1.807, 2.05) is 4.90 Å². The number of rotatable bonds is 1. The molecule has 13 heavy (non-hydrogen) atoms. The van der Waals surface area contributed by atoms with Crippen LogP contribution in [-0.4, -0.2) is 29.9 Å². The summed E-state index contributed by atoms with van der Waals surface area (Å²) >= 11 is 0. The Morgan fingerprint density at radius 1 is 1.15 bits per heavy atom. The third kappa shape index (κ3) is 1.85. The summed E-state index contributed by atoms with van der Waals surface area (Å²) in [4.78, 5) is 13.8. The Morgan fingerprint density at radius 2 is 1.77 bits per heavy atom. The number of carbonyl (C=O) groups excluding carboxylic acids is 1. The molecule has 0 aromatic carbocycles. The summed E-state index contributed by atoms with van der Waals surface area (Å²) in [6, 6.07) is 0.291. The Balaban J connectivity index is 1.82. The number of nitrogens with zero attached hydrogens (tertiary/aromatic N) is 1. The molecule has 2 fully saturated rings. The minimum Gasteiger partial charge on any atom is -0.342 e. The third-order valence-electron chi connectivity index (χ3n) is 3.19. The molecule has 1 aliphatic carbocycles. The predicted octanol–water partition coefficient (Wildman–Crippen LogP) is 0.736. The van der Waals surface area contributed by atoms with Crippen molar-refractivity contribution in [3.8, 4) is 0 Å². The second kappa shape index (κ2) is 3.66. The lowest BCUT2D eigenvalue weighted by molar-refractivity contribution is -0.139. The lowest BCUT2D eigenvalue weighted by Gasteiger charge is -2.37. The van der Waals surface area contributed by atoms with Gasteiger partial charge in [0, 0.05) is 25.0 Å². The number of amides is 1. The van der Waals surface area contributed by atoms with Crippen molar-refractivity contribution in [2.24, 2.45) is 11.7 Å². The van der Waals surface area contributed by atoms with Gasteiger partial charge in [-0.3, -0.25) is 4.79 Å². The van der Waals surface area contributed by atoms with Crippen molar-refractivity contribution in [2.45, 2.75) is 38.1 Å². The first-order valence-corrected chi connectivity index (χ1v) is 5.32. The van der Waals surface area contributed by atoms with Gasteiger partial charge in [-0.05, 0) is 32.1 Å². The molecule has 2 N–H and O–H groups in total. The molecule has 0 radical (unpaired) electrons. The minimum absolute atomic E-state index is 0.257. The van der Waals surface area contributed by atoms with Gasteiger partial charge in [0.1, 0.15) is 0 Å². The van der Waals surface area contributed by atoms with Crippen molar-refractivity contribution in [3.05, 3.63) is 0 Å². The first-order chi connectivity index (χ1) is 6.27. The highest BCUT2D eigenvalue weighted by Gasteiger charge is 2.34. The molecule has 2 aliphatic rings. The summed E-state index contributed by atoms with van der Waals surface area (Å²) in [5, 5.41) is 0. The number of hydrogen-bond acceptors (Lipinski definition) is 2. The van der Waals surface area contributed by atoms with E-state index in [0.717, 1.165) is 25.9 Å². The van der Waals surface area contributed by atoms with Gasteiger partial charge in [-0.2, -0.15) is 0 Å². The zero-order valence-electron chi connectivity index (χ0n) is 8.04. The van der Waals surface area contributed by atoms with Crippen molar-refractivity contribution in [3.63, 3.8) is 0 Å². The van der Waals surface area contributed by atoms with Crippen LogP contribution in [0.2, 0.25) is 0 Å². The maximum absolute atomic E-state index is 11.8. The molecule has 74 valence electrons. The normalized spacial score (nSPS) is 34.1. The topological polar surface area (TPSA) is 46.3 Å². The van der Waals surface area contributed by atoms with Gasteiger partial charge >= 0.3 is 0 Å². The quantitative estimate of drug-likeness (QED) is 0.650. The van der Waals surface area contributed by atoms with Crippen molar-refractivity contribution < 1.29 is 4.79 Å². The summed E-state index contributed by atoms with van der Waals surface area (Å²) in [7, 11) is 0. The second-order valence-corrected chi connectivity index (χ2v) is 4.31. The molecule has 3 heteroatoms. The lowest BCUT2D eigenvalue weighted by Crippen LogP contribution is -2.48.